The van der Waals surface area contributed by atoms with Gasteiger partial charge >= 0.3 is 5.97 Å². The Labute approximate surface area is 83.3 Å². The molecule has 0 fully saturated rings. The van der Waals surface area contributed by atoms with E-state index in [2.05, 4.69) is 15.0 Å². The second-order valence-electron chi connectivity index (χ2n) is 3.08. The summed E-state index contributed by atoms with van der Waals surface area (Å²) in [7, 11) is 1.37. The van der Waals surface area contributed by atoms with Gasteiger partial charge in [-0.15, -0.1) is 0 Å². The summed E-state index contributed by atoms with van der Waals surface area (Å²) in [5, 5.41) is 3.02. The van der Waals surface area contributed by atoms with Crippen LogP contribution in [0.4, 0.5) is 5.69 Å². The highest BCUT2D eigenvalue weighted by Gasteiger charge is 2.11. The number of nitrogens with one attached hydrogen (secondary N) is 1. The molecule has 1 atom stereocenters. The molecule has 0 aliphatic rings. The van der Waals surface area contributed by atoms with Gasteiger partial charge < -0.3 is 10.1 Å². The predicted molar refractivity (Wildman–Crippen MR) is 54.1 cm³/mol. The first kappa shape index (κ1) is 10.5. The molecule has 0 spiro atoms. The Balaban J connectivity index is 2.64. The molecule has 14 heavy (non-hydrogen) atoms. The van der Waals surface area contributed by atoms with Crippen molar-refractivity contribution >= 4 is 11.7 Å². The summed E-state index contributed by atoms with van der Waals surface area (Å²) in [5.74, 6) is -0.278. The van der Waals surface area contributed by atoms with Crippen molar-refractivity contribution in [3.8, 4) is 0 Å². The third-order valence-corrected chi connectivity index (χ3v) is 1.83. The summed E-state index contributed by atoms with van der Waals surface area (Å²) in [5.41, 5.74) is 1.78. The van der Waals surface area contributed by atoms with Gasteiger partial charge in [-0.05, 0) is 26.0 Å². The first-order chi connectivity index (χ1) is 6.63. The lowest BCUT2D eigenvalue weighted by atomic mass is 10.3. The Morgan fingerprint density at radius 3 is 2.93 bits per heavy atom. The lowest BCUT2D eigenvalue weighted by Crippen LogP contribution is -2.27. The highest BCUT2D eigenvalue weighted by molar-refractivity contribution is 5.78. The summed E-state index contributed by atoms with van der Waals surface area (Å²) < 4.78 is 4.60. The number of anilines is 1. The van der Waals surface area contributed by atoms with Crippen molar-refractivity contribution in [3.05, 3.63) is 24.0 Å². The molecular weight excluding hydrogens is 180 g/mol. The third-order valence-electron chi connectivity index (χ3n) is 1.83. The van der Waals surface area contributed by atoms with Gasteiger partial charge in [-0.1, -0.05) is 0 Å². The first-order valence-electron chi connectivity index (χ1n) is 4.40. The Morgan fingerprint density at radius 2 is 2.36 bits per heavy atom. The first-order valence-corrected chi connectivity index (χ1v) is 4.40. The maximum Gasteiger partial charge on any atom is 0.327 e. The standard InChI is InChI=1S/C10H14N2O2/c1-7-6-9(4-5-11-7)12-8(2)10(13)14-3/h4-6,8H,1-3H3,(H,11,12). The number of hydrogen-bond acceptors (Lipinski definition) is 4. The number of rotatable bonds is 3. The molecule has 0 saturated heterocycles. The zero-order chi connectivity index (χ0) is 10.6. The molecule has 0 radical (unpaired) electrons. The molecule has 0 bridgehead atoms. The van der Waals surface area contributed by atoms with Gasteiger partial charge in [0.15, 0.2) is 0 Å². The predicted octanol–water partition coefficient (Wildman–Crippen LogP) is 1.36. The fraction of sp³-hybridized carbons (Fsp3) is 0.400. The molecule has 1 aromatic heterocycles. The van der Waals surface area contributed by atoms with E-state index in [0.717, 1.165) is 11.4 Å². The molecule has 1 unspecified atom stereocenters. The molecule has 0 aliphatic heterocycles. The molecule has 0 saturated carbocycles. The van der Waals surface area contributed by atoms with Gasteiger partial charge in [-0.2, -0.15) is 0 Å². The topological polar surface area (TPSA) is 51.2 Å². The lowest BCUT2D eigenvalue weighted by Gasteiger charge is -2.12. The summed E-state index contributed by atoms with van der Waals surface area (Å²) in [6.07, 6.45) is 1.70. The second kappa shape index (κ2) is 4.60. The number of pyridine rings is 1. The maximum atomic E-state index is 11.1. The van der Waals surface area contributed by atoms with E-state index in [9.17, 15) is 4.79 Å². The normalized spacial score (nSPS) is 11.9. The van der Waals surface area contributed by atoms with Crippen molar-refractivity contribution in [2.45, 2.75) is 19.9 Å². The van der Waals surface area contributed by atoms with E-state index in [4.69, 9.17) is 0 Å². The zero-order valence-electron chi connectivity index (χ0n) is 8.57. The Hall–Kier alpha value is -1.58. The summed E-state index contributed by atoms with van der Waals surface area (Å²) in [4.78, 5) is 15.2. The molecule has 0 aromatic carbocycles. The van der Waals surface area contributed by atoms with E-state index >= 15 is 0 Å². The average molecular weight is 194 g/mol. The van der Waals surface area contributed by atoms with Crippen molar-refractivity contribution in [1.82, 2.24) is 4.98 Å². The van der Waals surface area contributed by atoms with Crippen LogP contribution < -0.4 is 5.32 Å². The van der Waals surface area contributed by atoms with Crippen LogP contribution in [0.3, 0.4) is 0 Å². The van der Waals surface area contributed by atoms with Gasteiger partial charge in [0.2, 0.25) is 0 Å². The minimum Gasteiger partial charge on any atom is -0.467 e. The van der Waals surface area contributed by atoms with E-state index in [1.165, 1.54) is 7.11 Å². The minimum atomic E-state index is -0.346. The van der Waals surface area contributed by atoms with Crippen molar-refractivity contribution in [2.24, 2.45) is 0 Å². The molecule has 4 heteroatoms. The van der Waals surface area contributed by atoms with Crippen LogP contribution in [0.2, 0.25) is 0 Å². The number of nitrogens with zero attached hydrogens (tertiary/aromatic N) is 1. The fourth-order valence-electron chi connectivity index (χ4n) is 1.12. The van der Waals surface area contributed by atoms with Crippen molar-refractivity contribution < 1.29 is 9.53 Å². The SMILES string of the molecule is COC(=O)C(C)Nc1ccnc(C)c1. The highest BCUT2D eigenvalue weighted by Crippen LogP contribution is 2.08. The monoisotopic (exact) mass is 194 g/mol. The Morgan fingerprint density at radius 1 is 1.64 bits per heavy atom. The van der Waals surface area contributed by atoms with Gasteiger partial charge in [0.05, 0.1) is 7.11 Å². The van der Waals surface area contributed by atoms with E-state index in [1.807, 2.05) is 19.1 Å². The Bertz CT molecular complexity index is 326. The van der Waals surface area contributed by atoms with Crippen LogP contribution in [0, 0.1) is 6.92 Å². The van der Waals surface area contributed by atoms with Crippen molar-refractivity contribution in [2.75, 3.05) is 12.4 Å². The molecule has 1 N–H and O–H groups in total. The number of ether oxygens (including phenoxy) is 1. The lowest BCUT2D eigenvalue weighted by molar-refractivity contribution is -0.141. The van der Waals surface area contributed by atoms with Crippen LogP contribution in [0.1, 0.15) is 12.6 Å². The van der Waals surface area contributed by atoms with E-state index in [-0.39, 0.29) is 12.0 Å². The smallest absolute Gasteiger partial charge is 0.327 e. The number of methoxy groups -OCH3 is 1. The van der Waals surface area contributed by atoms with Crippen LogP contribution in [0.5, 0.6) is 0 Å². The number of hydrogen-bond donors (Lipinski definition) is 1. The molecule has 0 amide bonds. The molecule has 4 nitrogen and oxygen atoms in total. The van der Waals surface area contributed by atoms with Crippen LogP contribution in [-0.4, -0.2) is 24.1 Å². The summed E-state index contributed by atoms with van der Waals surface area (Å²) in [6.45, 7) is 3.65. The zero-order valence-corrected chi connectivity index (χ0v) is 8.57. The molecule has 1 aromatic rings. The van der Waals surface area contributed by atoms with Gasteiger partial charge in [-0.3, -0.25) is 4.98 Å². The minimum absolute atomic E-state index is 0.278. The van der Waals surface area contributed by atoms with Gasteiger partial charge in [0.1, 0.15) is 6.04 Å². The van der Waals surface area contributed by atoms with E-state index in [1.54, 1.807) is 13.1 Å². The molecular formula is C10H14N2O2. The van der Waals surface area contributed by atoms with Crippen LogP contribution in [-0.2, 0) is 9.53 Å². The Kier molecular flexibility index (Phi) is 3.45. The number of aromatic nitrogens is 1. The number of aryl methyl sites for hydroxylation is 1. The fourth-order valence-corrected chi connectivity index (χ4v) is 1.12. The van der Waals surface area contributed by atoms with Crippen molar-refractivity contribution in [1.29, 1.82) is 0 Å². The van der Waals surface area contributed by atoms with Crippen LogP contribution in [0.15, 0.2) is 18.3 Å². The highest BCUT2D eigenvalue weighted by atomic mass is 16.5. The second-order valence-corrected chi connectivity index (χ2v) is 3.08. The van der Waals surface area contributed by atoms with Crippen LogP contribution >= 0.6 is 0 Å². The van der Waals surface area contributed by atoms with Gasteiger partial charge in [-0.25, -0.2) is 4.79 Å². The van der Waals surface area contributed by atoms with E-state index in [0.29, 0.717) is 0 Å². The van der Waals surface area contributed by atoms with Gasteiger partial charge in [0.25, 0.3) is 0 Å². The third kappa shape index (κ3) is 2.73. The van der Waals surface area contributed by atoms with Gasteiger partial charge in [0, 0.05) is 17.6 Å². The van der Waals surface area contributed by atoms with Crippen LogP contribution in [0.25, 0.3) is 0 Å². The molecule has 0 aliphatic carbocycles. The average Bonchev–Trinajstić information content (AvgIpc) is 2.16. The van der Waals surface area contributed by atoms with E-state index < -0.39 is 0 Å². The molecule has 1 heterocycles. The maximum absolute atomic E-state index is 11.1. The molecule has 1 rings (SSSR count). The summed E-state index contributed by atoms with van der Waals surface area (Å²) in [6, 6.07) is 3.34. The number of carbonyl (C=O) groups is 1. The number of carbonyl (C=O) groups excluding carboxylic acids is 1. The van der Waals surface area contributed by atoms with Crippen molar-refractivity contribution in [3.63, 3.8) is 0 Å². The number of esters is 1. The largest absolute Gasteiger partial charge is 0.467 e. The molecule has 76 valence electrons. The quantitative estimate of drug-likeness (QED) is 0.738. The summed E-state index contributed by atoms with van der Waals surface area (Å²) >= 11 is 0.